The van der Waals surface area contributed by atoms with Gasteiger partial charge in [-0.2, -0.15) is 0 Å². The summed E-state index contributed by atoms with van der Waals surface area (Å²) in [6, 6.07) is 13.9. The van der Waals surface area contributed by atoms with Crippen LogP contribution in [0.5, 0.6) is 5.75 Å². The third-order valence-electron chi connectivity index (χ3n) is 2.16. The fourth-order valence-electron chi connectivity index (χ4n) is 1.45. The molecule has 0 aliphatic rings. The first-order valence-electron chi connectivity index (χ1n) is 4.88. The van der Waals surface area contributed by atoms with Crippen LogP contribution >= 0.6 is 0 Å². The van der Waals surface area contributed by atoms with Crippen molar-refractivity contribution in [1.82, 2.24) is 0 Å². The van der Waals surface area contributed by atoms with E-state index in [1.54, 1.807) is 0 Å². The van der Waals surface area contributed by atoms with Crippen LogP contribution in [-0.4, -0.2) is 17.8 Å². The Bertz CT molecular complexity index is 449. The summed E-state index contributed by atoms with van der Waals surface area (Å²) in [7, 11) is 0. The van der Waals surface area contributed by atoms with Crippen molar-refractivity contribution in [3.05, 3.63) is 49.4 Å². The molecule has 2 rings (SSSR count). The smallest absolute Gasteiger partial charge is 0.120 e. The van der Waals surface area contributed by atoms with E-state index in [0.29, 0.717) is 0 Å². The molecule has 0 aliphatic carbocycles. The molecule has 0 aliphatic heterocycles. The van der Waals surface area contributed by atoms with E-state index in [-0.39, 0.29) is 6.61 Å². The molecule has 1 atom stereocenters. The minimum atomic E-state index is -0.684. The van der Waals surface area contributed by atoms with Crippen LogP contribution in [-0.2, 0) is 0 Å². The molecular formula is C13H13O2. The first-order chi connectivity index (χ1) is 7.25. The van der Waals surface area contributed by atoms with Crippen LogP contribution in [0, 0.1) is 6.92 Å². The molecule has 1 radical (unpaired) electrons. The average Bonchev–Trinajstić information content (AvgIpc) is 2.26. The zero-order chi connectivity index (χ0) is 10.7. The predicted octanol–water partition coefficient (Wildman–Crippen LogP) is 2.41. The van der Waals surface area contributed by atoms with Crippen LogP contribution in [0.15, 0.2) is 42.5 Å². The highest BCUT2D eigenvalue weighted by atomic mass is 16.5. The zero-order valence-corrected chi connectivity index (χ0v) is 8.39. The van der Waals surface area contributed by atoms with Crippen molar-refractivity contribution in [3.63, 3.8) is 0 Å². The number of aliphatic hydroxyl groups excluding tert-OH is 1. The number of rotatable bonds is 3. The third kappa shape index (κ3) is 2.48. The molecule has 0 spiro atoms. The van der Waals surface area contributed by atoms with Gasteiger partial charge in [-0.15, -0.1) is 0 Å². The van der Waals surface area contributed by atoms with Crippen LogP contribution in [0.25, 0.3) is 10.8 Å². The van der Waals surface area contributed by atoms with Crippen LogP contribution < -0.4 is 4.74 Å². The molecule has 0 aromatic heterocycles. The summed E-state index contributed by atoms with van der Waals surface area (Å²) >= 11 is 0. The summed E-state index contributed by atoms with van der Waals surface area (Å²) in [5, 5.41) is 11.3. The Hall–Kier alpha value is -1.54. The lowest BCUT2D eigenvalue weighted by atomic mass is 10.1. The van der Waals surface area contributed by atoms with Gasteiger partial charge in [0.1, 0.15) is 12.4 Å². The highest BCUT2D eigenvalue weighted by Crippen LogP contribution is 2.20. The van der Waals surface area contributed by atoms with Crippen molar-refractivity contribution in [2.75, 3.05) is 6.61 Å². The van der Waals surface area contributed by atoms with E-state index >= 15 is 0 Å². The zero-order valence-electron chi connectivity index (χ0n) is 8.39. The largest absolute Gasteiger partial charge is 0.491 e. The number of hydrogen-bond donors (Lipinski definition) is 1. The summed E-state index contributed by atoms with van der Waals surface area (Å²) in [5.74, 6) is 0.761. The maximum atomic E-state index is 8.99. The SMILES string of the molecule is [CH2]C(O)COc1ccc2ccccc2c1. The second kappa shape index (κ2) is 4.32. The van der Waals surface area contributed by atoms with Crippen LogP contribution in [0.1, 0.15) is 0 Å². The number of aliphatic hydroxyl groups is 1. The Morgan fingerprint density at radius 3 is 2.60 bits per heavy atom. The molecule has 0 saturated carbocycles. The summed E-state index contributed by atoms with van der Waals surface area (Å²) in [6.07, 6.45) is -0.684. The van der Waals surface area contributed by atoms with Crippen LogP contribution in [0.4, 0.5) is 0 Å². The number of fused-ring (bicyclic) bond motifs is 1. The van der Waals surface area contributed by atoms with E-state index in [4.69, 9.17) is 9.84 Å². The van der Waals surface area contributed by atoms with Crippen molar-refractivity contribution in [3.8, 4) is 5.75 Å². The van der Waals surface area contributed by atoms with Gasteiger partial charge in [0.2, 0.25) is 0 Å². The molecule has 2 aromatic rings. The van der Waals surface area contributed by atoms with E-state index in [1.807, 2.05) is 36.4 Å². The minimum absolute atomic E-state index is 0.221. The van der Waals surface area contributed by atoms with Crippen molar-refractivity contribution in [2.45, 2.75) is 6.10 Å². The van der Waals surface area contributed by atoms with Gasteiger partial charge in [0.05, 0.1) is 6.10 Å². The number of hydrogen-bond acceptors (Lipinski definition) is 2. The summed E-state index contributed by atoms with van der Waals surface area (Å²) in [4.78, 5) is 0. The molecule has 0 saturated heterocycles. The maximum Gasteiger partial charge on any atom is 0.120 e. The molecule has 2 heteroatoms. The first-order valence-corrected chi connectivity index (χ1v) is 4.88. The van der Waals surface area contributed by atoms with E-state index < -0.39 is 6.10 Å². The highest BCUT2D eigenvalue weighted by molar-refractivity contribution is 5.83. The fraction of sp³-hybridized carbons (Fsp3) is 0.154. The second-order valence-corrected chi connectivity index (χ2v) is 3.47. The van der Waals surface area contributed by atoms with E-state index in [1.165, 1.54) is 5.39 Å². The first kappa shape index (κ1) is 9.99. The lowest BCUT2D eigenvalue weighted by Gasteiger charge is -2.08. The van der Waals surface area contributed by atoms with E-state index in [2.05, 4.69) is 13.0 Å². The Morgan fingerprint density at radius 1 is 1.13 bits per heavy atom. The highest BCUT2D eigenvalue weighted by Gasteiger charge is 1.99. The Balaban J connectivity index is 2.23. The molecule has 2 nitrogen and oxygen atoms in total. The van der Waals surface area contributed by atoms with Gasteiger partial charge < -0.3 is 9.84 Å². The molecule has 0 bridgehead atoms. The van der Waals surface area contributed by atoms with Gasteiger partial charge in [-0.05, 0) is 29.8 Å². The standard InChI is InChI=1S/C13H13O2/c1-10(14)9-15-13-7-6-11-4-2-3-5-12(11)8-13/h2-8,10,14H,1,9H2. The number of benzene rings is 2. The molecule has 1 N–H and O–H groups in total. The number of ether oxygens (including phenoxy) is 1. The van der Waals surface area contributed by atoms with E-state index in [0.717, 1.165) is 11.1 Å². The third-order valence-corrected chi connectivity index (χ3v) is 2.16. The van der Waals surface area contributed by atoms with Gasteiger partial charge in [-0.1, -0.05) is 30.3 Å². The Morgan fingerprint density at radius 2 is 1.87 bits per heavy atom. The quantitative estimate of drug-likeness (QED) is 0.826. The van der Waals surface area contributed by atoms with Crippen LogP contribution in [0.3, 0.4) is 0 Å². The van der Waals surface area contributed by atoms with Crippen LogP contribution in [0.2, 0.25) is 0 Å². The molecule has 2 aromatic carbocycles. The van der Waals surface area contributed by atoms with Crippen molar-refractivity contribution < 1.29 is 9.84 Å². The minimum Gasteiger partial charge on any atom is -0.491 e. The summed E-state index contributed by atoms with van der Waals surface area (Å²) in [5.41, 5.74) is 0. The molecule has 77 valence electrons. The topological polar surface area (TPSA) is 29.5 Å². The van der Waals surface area contributed by atoms with E-state index in [9.17, 15) is 0 Å². The van der Waals surface area contributed by atoms with Gasteiger partial charge in [-0.25, -0.2) is 0 Å². The lowest BCUT2D eigenvalue weighted by molar-refractivity contribution is 0.142. The van der Waals surface area contributed by atoms with Crippen molar-refractivity contribution in [1.29, 1.82) is 0 Å². The van der Waals surface area contributed by atoms with Crippen molar-refractivity contribution in [2.24, 2.45) is 0 Å². The van der Waals surface area contributed by atoms with Gasteiger partial charge in [-0.3, -0.25) is 0 Å². The molecular weight excluding hydrogens is 188 g/mol. The molecule has 0 fully saturated rings. The monoisotopic (exact) mass is 201 g/mol. The molecule has 1 unspecified atom stereocenters. The fourth-order valence-corrected chi connectivity index (χ4v) is 1.45. The van der Waals surface area contributed by atoms with Gasteiger partial charge in [0.25, 0.3) is 0 Å². The van der Waals surface area contributed by atoms with Gasteiger partial charge in [0.15, 0.2) is 0 Å². The Labute approximate surface area is 89.1 Å². The second-order valence-electron chi connectivity index (χ2n) is 3.47. The van der Waals surface area contributed by atoms with Crippen molar-refractivity contribution >= 4 is 10.8 Å². The predicted molar refractivity (Wildman–Crippen MR) is 60.8 cm³/mol. The maximum absolute atomic E-state index is 8.99. The summed E-state index contributed by atoms with van der Waals surface area (Å²) < 4.78 is 5.36. The molecule has 15 heavy (non-hydrogen) atoms. The summed E-state index contributed by atoms with van der Waals surface area (Å²) in [6.45, 7) is 3.67. The molecule has 0 heterocycles. The van der Waals surface area contributed by atoms with Gasteiger partial charge >= 0.3 is 0 Å². The lowest BCUT2D eigenvalue weighted by Crippen LogP contribution is -2.12. The molecule has 0 amide bonds. The Kier molecular flexibility index (Phi) is 2.88. The normalized spacial score (nSPS) is 12.7. The average molecular weight is 201 g/mol. The van der Waals surface area contributed by atoms with Gasteiger partial charge in [0, 0.05) is 0 Å².